The van der Waals surface area contributed by atoms with E-state index < -0.39 is 25.0 Å². The molecule has 0 radical (unpaired) electrons. The Morgan fingerprint density at radius 2 is 1.29 bits per heavy atom. The maximum Gasteiger partial charge on any atom is 0.269 e. The number of rotatable bonds is 15. The average molecular weight is 567 g/mol. The van der Waals surface area contributed by atoms with Gasteiger partial charge in [-0.25, -0.2) is 26.3 Å². The van der Waals surface area contributed by atoms with Gasteiger partial charge < -0.3 is 4.90 Å². The summed E-state index contributed by atoms with van der Waals surface area (Å²) in [5, 5.41) is 10.8. The second-order valence-corrected chi connectivity index (χ2v) is 13.4. The highest BCUT2D eigenvalue weighted by molar-refractivity contribution is 7.89. The molecule has 1 aliphatic rings. The van der Waals surface area contributed by atoms with E-state index in [9.17, 15) is 26.9 Å². The van der Waals surface area contributed by atoms with Crippen LogP contribution in [0.3, 0.4) is 0 Å². The minimum Gasteiger partial charge on any atom is -0.303 e. The normalized spacial score (nSPS) is 15.1. The van der Waals surface area contributed by atoms with Gasteiger partial charge >= 0.3 is 0 Å². The minimum atomic E-state index is -3.76. The second kappa shape index (κ2) is 14.1. The molecule has 0 spiro atoms. The van der Waals surface area contributed by atoms with E-state index in [1.54, 1.807) is 24.3 Å². The molecular formula is C26H38N4O6S2. The number of non-ortho nitro benzene ring substituents is 1. The van der Waals surface area contributed by atoms with Gasteiger partial charge in [-0.1, -0.05) is 37.0 Å². The molecule has 2 aromatic carbocycles. The summed E-state index contributed by atoms with van der Waals surface area (Å²) < 4.78 is 55.5. The van der Waals surface area contributed by atoms with Crippen molar-refractivity contribution in [2.45, 2.75) is 61.7 Å². The van der Waals surface area contributed by atoms with E-state index in [2.05, 4.69) is 14.3 Å². The van der Waals surface area contributed by atoms with Crippen LogP contribution in [0.15, 0.2) is 58.3 Å². The van der Waals surface area contributed by atoms with Gasteiger partial charge in [0.2, 0.25) is 20.0 Å². The van der Waals surface area contributed by atoms with E-state index in [0.717, 1.165) is 12.1 Å². The van der Waals surface area contributed by atoms with Crippen molar-refractivity contribution in [3.63, 3.8) is 0 Å². The summed E-state index contributed by atoms with van der Waals surface area (Å²) in [7, 11) is -7.32. The molecular weight excluding hydrogens is 528 g/mol. The van der Waals surface area contributed by atoms with Crippen LogP contribution >= 0.6 is 0 Å². The standard InChI is InChI=1S/C26H38N4O6S2/c1-22-9-13-25(14-10-22)37(33,34)27-17-5-19-29(21-23-7-3-2-4-8-23)20-6-18-28-38(35,36)26-15-11-24(12-16-26)30(31)32/h9-16,23,27-28H,2-8,17-21H2,1H3. The van der Waals surface area contributed by atoms with Crippen molar-refractivity contribution in [3.05, 3.63) is 64.2 Å². The molecule has 10 nitrogen and oxygen atoms in total. The monoisotopic (exact) mass is 566 g/mol. The Kier molecular flexibility index (Phi) is 11.2. The molecule has 1 fully saturated rings. The maximum atomic E-state index is 12.6. The number of benzene rings is 2. The van der Waals surface area contributed by atoms with E-state index in [4.69, 9.17) is 0 Å². The quantitative estimate of drug-likeness (QED) is 0.190. The SMILES string of the molecule is Cc1ccc(S(=O)(=O)NCCCN(CCCNS(=O)(=O)c2ccc([N+](=O)[O-])cc2)CC2CCCCC2)cc1. The molecule has 0 amide bonds. The Labute approximate surface area is 226 Å². The van der Waals surface area contributed by atoms with Crippen LogP contribution in [-0.2, 0) is 20.0 Å². The van der Waals surface area contributed by atoms with Crippen LogP contribution < -0.4 is 9.44 Å². The maximum absolute atomic E-state index is 12.6. The molecule has 0 aliphatic heterocycles. The largest absolute Gasteiger partial charge is 0.303 e. The Morgan fingerprint density at radius 1 is 0.816 bits per heavy atom. The lowest BCUT2D eigenvalue weighted by molar-refractivity contribution is -0.384. The summed E-state index contributed by atoms with van der Waals surface area (Å²) >= 11 is 0. The number of nitrogens with zero attached hydrogens (tertiary/aromatic N) is 2. The Hall–Kier alpha value is -2.38. The number of nitrogens with one attached hydrogen (secondary N) is 2. The lowest BCUT2D eigenvalue weighted by Crippen LogP contribution is -2.36. The molecule has 12 heteroatoms. The summed E-state index contributed by atoms with van der Waals surface area (Å²) in [6.07, 6.45) is 7.32. The lowest BCUT2D eigenvalue weighted by Gasteiger charge is -2.30. The first kappa shape index (κ1) is 30.2. The summed E-state index contributed by atoms with van der Waals surface area (Å²) in [5.41, 5.74) is 0.834. The zero-order valence-electron chi connectivity index (χ0n) is 21.8. The zero-order chi connectivity index (χ0) is 27.6. The highest BCUT2D eigenvalue weighted by Gasteiger charge is 2.19. The molecule has 1 aliphatic carbocycles. The van der Waals surface area contributed by atoms with Crippen LogP contribution in [0.2, 0.25) is 0 Å². The van der Waals surface area contributed by atoms with Crippen molar-refractivity contribution in [3.8, 4) is 0 Å². The third kappa shape index (κ3) is 9.42. The van der Waals surface area contributed by atoms with E-state index in [-0.39, 0.29) is 22.0 Å². The van der Waals surface area contributed by atoms with Gasteiger partial charge in [0.15, 0.2) is 0 Å². The second-order valence-electron chi connectivity index (χ2n) is 9.87. The Bertz CT molecular complexity index is 1240. The van der Waals surface area contributed by atoms with E-state index in [0.29, 0.717) is 38.4 Å². The highest BCUT2D eigenvalue weighted by Crippen LogP contribution is 2.24. The topological polar surface area (TPSA) is 139 Å². The zero-order valence-corrected chi connectivity index (χ0v) is 23.5. The van der Waals surface area contributed by atoms with E-state index in [1.807, 2.05) is 6.92 Å². The van der Waals surface area contributed by atoms with Crippen molar-refractivity contribution >= 4 is 25.7 Å². The third-order valence-electron chi connectivity index (χ3n) is 6.82. The van der Waals surface area contributed by atoms with Gasteiger partial charge in [-0.2, -0.15) is 0 Å². The van der Waals surface area contributed by atoms with Crippen LogP contribution in [0, 0.1) is 23.0 Å². The van der Waals surface area contributed by atoms with Crippen LogP contribution in [0.25, 0.3) is 0 Å². The van der Waals surface area contributed by atoms with Gasteiger partial charge in [0.05, 0.1) is 14.7 Å². The molecule has 38 heavy (non-hydrogen) atoms. The minimum absolute atomic E-state index is 0.0111. The molecule has 1 saturated carbocycles. The fourth-order valence-corrected chi connectivity index (χ4v) is 6.83. The Balaban J connectivity index is 1.49. The van der Waals surface area contributed by atoms with E-state index in [1.165, 1.54) is 56.4 Å². The van der Waals surface area contributed by atoms with Gasteiger partial charge in [-0.05, 0) is 75.9 Å². The predicted molar refractivity (Wildman–Crippen MR) is 147 cm³/mol. The number of nitro groups is 1. The van der Waals surface area contributed by atoms with Crippen molar-refractivity contribution in [2.24, 2.45) is 5.92 Å². The van der Waals surface area contributed by atoms with Crippen molar-refractivity contribution in [1.82, 2.24) is 14.3 Å². The molecule has 0 saturated heterocycles. The van der Waals surface area contributed by atoms with Gasteiger partial charge in [-0.15, -0.1) is 0 Å². The van der Waals surface area contributed by atoms with Crippen molar-refractivity contribution in [2.75, 3.05) is 32.7 Å². The first-order valence-corrected chi connectivity index (χ1v) is 16.1. The summed E-state index contributed by atoms with van der Waals surface area (Å²) in [4.78, 5) is 12.8. The molecule has 0 unspecified atom stereocenters. The van der Waals surface area contributed by atoms with Crippen LogP contribution in [-0.4, -0.2) is 59.4 Å². The number of sulfonamides is 2. The summed E-state index contributed by atoms with van der Waals surface area (Å²) in [6, 6.07) is 11.6. The summed E-state index contributed by atoms with van der Waals surface area (Å²) in [5.74, 6) is 0.602. The molecule has 3 rings (SSSR count). The van der Waals surface area contributed by atoms with Crippen LogP contribution in [0.1, 0.15) is 50.5 Å². The molecule has 2 N–H and O–H groups in total. The van der Waals surface area contributed by atoms with Crippen LogP contribution in [0.5, 0.6) is 0 Å². The van der Waals surface area contributed by atoms with Crippen LogP contribution in [0.4, 0.5) is 5.69 Å². The molecule has 0 atom stereocenters. The van der Waals surface area contributed by atoms with Crippen molar-refractivity contribution < 1.29 is 21.8 Å². The smallest absolute Gasteiger partial charge is 0.269 e. The van der Waals surface area contributed by atoms with Crippen molar-refractivity contribution in [1.29, 1.82) is 0 Å². The predicted octanol–water partition coefficient (Wildman–Crippen LogP) is 3.82. The number of nitro benzene ring substituents is 1. The molecule has 0 heterocycles. The molecule has 2 aromatic rings. The first-order chi connectivity index (χ1) is 18.1. The first-order valence-electron chi connectivity index (χ1n) is 13.1. The fourth-order valence-electron chi connectivity index (χ4n) is 4.68. The van der Waals surface area contributed by atoms with Gasteiger partial charge in [0.1, 0.15) is 0 Å². The van der Waals surface area contributed by atoms with E-state index >= 15 is 0 Å². The number of hydrogen-bond acceptors (Lipinski definition) is 7. The molecule has 0 aromatic heterocycles. The fraction of sp³-hybridized carbons (Fsp3) is 0.538. The molecule has 210 valence electrons. The summed E-state index contributed by atoms with van der Waals surface area (Å²) in [6.45, 7) is 4.78. The lowest BCUT2D eigenvalue weighted by atomic mass is 9.89. The third-order valence-corrected chi connectivity index (χ3v) is 9.77. The Morgan fingerprint density at radius 3 is 1.76 bits per heavy atom. The highest BCUT2D eigenvalue weighted by atomic mass is 32.2. The number of aryl methyl sites for hydroxylation is 1. The van der Waals surface area contributed by atoms with Gasteiger partial charge in [-0.3, -0.25) is 10.1 Å². The molecule has 0 bridgehead atoms. The van der Waals surface area contributed by atoms with Gasteiger partial charge in [0, 0.05) is 31.8 Å². The van der Waals surface area contributed by atoms with Gasteiger partial charge in [0.25, 0.3) is 5.69 Å². The average Bonchev–Trinajstić information content (AvgIpc) is 2.89. The number of hydrogen-bond donors (Lipinski definition) is 2.